The van der Waals surface area contributed by atoms with Crippen LogP contribution >= 0.6 is 11.3 Å². The Morgan fingerprint density at radius 3 is 2.50 bits per heavy atom. The van der Waals surface area contributed by atoms with Gasteiger partial charge in [-0.05, 0) is 18.3 Å². The summed E-state index contributed by atoms with van der Waals surface area (Å²) in [4.78, 5) is 23.2. The number of carbonyl (C=O) groups excluding carboxylic acids is 1. The van der Waals surface area contributed by atoms with E-state index in [1.807, 2.05) is 0 Å². The van der Waals surface area contributed by atoms with Crippen LogP contribution in [0.1, 0.15) is 44.0 Å². The molecule has 1 heterocycles. The van der Waals surface area contributed by atoms with Crippen molar-refractivity contribution in [1.82, 2.24) is 10.2 Å². The van der Waals surface area contributed by atoms with Gasteiger partial charge in [0.1, 0.15) is 5.01 Å². The topological polar surface area (TPSA) is 92.2 Å². The molecule has 0 aromatic carbocycles. The molecular weight excluding hydrogens is 278 g/mol. The summed E-state index contributed by atoms with van der Waals surface area (Å²) in [6, 6.07) is 0. The highest BCUT2D eigenvalue weighted by atomic mass is 32.1. The summed E-state index contributed by atoms with van der Waals surface area (Å²) in [7, 11) is 0. The Hall–Kier alpha value is -1.50. The van der Waals surface area contributed by atoms with Gasteiger partial charge in [-0.25, -0.2) is 0 Å². The van der Waals surface area contributed by atoms with E-state index in [0.29, 0.717) is 11.0 Å². The van der Waals surface area contributed by atoms with Crippen molar-refractivity contribution >= 4 is 28.3 Å². The van der Waals surface area contributed by atoms with E-state index in [1.165, 1.54) is 17.8 Å². The van der Waals surface area contributed by atoms with E-state index < -0.39 is 23.2 Å². The number of hydrogen-bond acceptors (Lipinski definition) is 5. The third kappa shape index (κ3) is 2.09. The van der Waals surface area contributed by atoms with E-state index in [0.717, 1.165) is 17.8 Å². The molecule has 3 rings (SSSR count). The smallest absolute Gasteiger partial charge is 0.307 e. The summed E-state index contributed by atoms with van der Waals surface area (Å²) in [6.07, 6.45) is 3.50. The Labute approximate surface area is 120 Å². The van der Waals surface area contributed by atoms with Crippen molar-refractivity contribution in [2.45, 2.75) is 39.0 Å². The van der Waals surface area contributed by atoms with E-state index in [-0.39, 0.29) is 5.91 Å². The fourth-order valence-corrected chi connectivity index (χ4v) is 3.79. The number of carboxylic acids is 1. The zero-order chi connectivity index (χ0) is 14.5. The molecule has 0 radical (unpaired) electrons. The van der Waals surface area contributed by atoms with Gasteiger partial charge in [0, 0.05) is 5.92 Å². The molecule has 108 valence electrons. The summed E-state index contributed by atoms with van der Waals surface area (Å²) >= 11 is 1.40. The molecule has 2 saturated carbocycles. The normalized spacial score (nSPS) is 27.7. The van der Waals surface area contributed by atoms with E-state index in [1.54, 1.807) is 13.8 Å². The molecule has 0 aliphatic heterocycles. The van der Waals surface area contributed by atoms with Gasteiger partial charge >= 0.3 is 5.97 Å². The third-order valence-corrected chi connectivity index (χ3v) is 5.50. The summed E-state index contributed by atoms with van der Waals surface area (Å²) in [5.41, 5.74) is -0.489. The minimum atomic E-state index is -0.914. The van der Waals surface area contributed by atoms with Gasteiger partial charge in [0.2, 0.25) is 11.0 Å². The average Bonchev–Trinajstić information content (AvgIpc) is 2.62. The van der Waals surface area contributed by atoms with Crippen LogP contribution < -0.4 is 5.32 Å². The van der Waals surface area contributed by atoms with Gasteiger partial charge in [0.05, 0.1) is 11.8 Å². The lowest BCUT2D eigenvalue weighted by Crippen LogP contribution is -2.17. The maximum absolute atomic E-state index is 12.1. The van der Waals surface area contributed by atoms with Crippen LogP contribution in [0, 0.1) is 17.3 Å². The summed E-state index contributed by atoms with van der Waals surface area (Å²) in [6.45, 7) is 3.60. The molecule has 2 aliphatic carbocycles. The van der Waals surface area contributed by atoms with Crippen molar-refractivity contribution < 1.29 is 14.7 Å². The fourth-order valence-electron chi connectivity index (χ4n) is 2.88. The van der Waals surface area contributed by atoms with Gasteiger partial charge < -0.3 is 10.4 Å². The first-order chi connectivity index (χ1) is 9.41. The number of anilines is 1. The largest absolute Gasteiger partial charge is 0.481 e. The van der Waals surface area contributed by atoms with E-state index in [4.69, 9.17) is 5.11 Å². The van der Waals surface area contributed by atoms with E-state index in [9.17, 15) is 9.59 Å². The van der Waals surface area contributed by atoms with E-state index in [2.05, 4.69) is 15.5 Å². The number of carboxylic acid groups (broad SMARTS) is 1. The van der Waals surface area contributed by atoms with Gasteiger partial charge in [-0.15, -0.1) is 10.2 Å². The number of rotatable bonds is 4. The first-order valence-corrected chi connectivity index (χ1v) is 7.60. The number of nitrogens with one attached hydrogen (secondary N) is 1. The van der Waals surface area contributed by atoms with Crippen LogP contribution in [-0.2, 0) is 9.59 Å². The van der Waals surface area contributed by atoms with Crippen molar-refractivity contribution in [2.75, 3.05) is 5.32 Å². The highest BCUT2D eigenvalue weighted by Crippen LogP contribution is 2.58. The third-order valence-electron chi connectivity index (χ3n) is 4.50. The van der Waals surface area contributed by atoms with Crippen molar-refractivity contribution in [3.8, 4) is 0 Å². The number of hydrogen-bond donors (Lipinski definition) is 2. The molecule has 1 amide bonds. The van der Waals surface area contributed by atoms with Crippen LogP contribution in [0.5, 0.6) is 0 Å². The summed E-state index contributed by atoms with van der Waals surface area (Å²) in [5.74, 6) is -1.79. The molecule has 2 aliphatic rings. The lowest BCUT2D eigenvalue weighted by atomic mass is 9.86. The highest BCUT2D eigenvalue weighted by Gasteiger charge is 2.66. The molecular formula is C13H17N3O3S. The second-order valence-electron chi connectivity index (χ2n) is 6.18. The molecule has 0 bridgehead atoms. The van der Waals surface area contributed by atoms with E-state index >= 15 is 0 Å². The first-order valence-electron chi connectivity index (χ1n) is 6.78. The first kappa shape index (κ1) is 13.5. The van der Waals surface area contributed by atoms with Gasteiger partial charge in [0.25, 0.3) is 0 Å². The summed E-state index contributed by atoms with van der Waals surface area (Å²) < 4.78 is 0. The van der Waals surface area contributed by atoms with Crippen LogP contribution in [0.25, 0.3) is 0 Å². The van der Waals surface area contributed by atoms with Gasteiger partial charge in [0.15, 0.2) is 0 Å². The molecule has 2 atom stereocenters. The van der Waals surface area contributed by atoms with Crippen molar-refractivity contribution in [3.05, 3.63) is 5.01 Å². The minimum absolute atomic E-state index is 0.265. The standard InChI is InChI=1S/C13H17N3O3S/c1-13(2)7(8(13)11(18)19)9(17)14-12-16-15-10(20-12)6-4-3-5-6/h6-8H,3-5H2,1-2H3,(H,18,19)(H,14,16,17)/t7-,8-/m0/s1. The van der Waals surface area contributed by atoms with Crippen molar-refractivity contribution in [1.29, 1.82) is 0 Å². The Bertz CT molecular complexity index is 565. The SMILES string of the molecule is CC1(C)[C@H](C(=O)O)[C@H]1C(=O)Nc1nnc(C2CCC2)s1. The lowest BCUT2D eigenvalue weighted by Gasteiger charge is -2.21. The van der Waals surface area contributed by atoms with Crippen molar-refractivity contribution in [2.24, 2.45) is 17.3 Å². The van der Waals surface area contributed by atoms with Gasteiger partial charge in [-0.2, -0.15) is 0 Å². The van der Waals surface area contributed by atoms with Crippen LogP contribution in [-0.4, -0.2) is 27.2 Å². The molecule has 0 spiro atoms. The number of amides is 1. The number of aliphatic carboxylic acids is 1. The second-order valence-corrected chi connectivity index (χ2v) is 7.19. The predicted octanol–water partition coefficient (Wildman–Crippen LogP) is 2.10. The maximum Gasteiger partial charge on any atom is 0.307 e. The zero-order valence-corrected chi connectivity index (χ0v) is 12.2. The second kappa shape index (κ2) is 4.51. The number of nitrogens with zero attached hydrogens (tertiary/aromatic N) is 2. The van der Waals surface area contributed by atoms with Crippen LogP contribution in [0.15, 0.2) is 0 Å². The maximum atomic E-state index is 12.1. The predicted molar refractivity (Wildman–Crippen MR) is 73.5 cm³/mol. The monoisotopic (exact) mass is 295 g/mol. The van der Waals surface area contributed by atoms with Gasteiger partial charge in [-0.1, -0.05) is 31.6 Å². The molecule has 1 aromatic rings. The minimum Gasteiger partial charge on any atom is -0.481 e. The molecule has 6 nitrogen and oxygen atoms in total. The molecule has 20 heavy (non-hydrogen) atoms. The lowest BCUT2D eigenvalue weighted by molar-refractivity contribution is -0.140. The Kier molecular flexibility index (Phi) is 3.04. The van der Waals surface area contributed by atoms with Crippen LogP contribution in [0.3, 0.4) is 0 Å². The average molecular weight is 295 g/mol. The Morgan fingerprint density at radius 2 is 2.00 bits per heavy atom. The molecule has 1 aromatic heterocycles. The van der Waals surface area contributed by atoms with Crippen molar-refractivity contribution in [3.63, 3.8) is 0 Å². The highest BCUT2D eigenvalue weighted by molar-refractivity contribution is 7.15. The summed E-state index contributed by atoms with van der Waals surface area (Å²) in [5, 5.41) is 21.3. The molecule has 7 heteroatoms. The molecule has 2 N–H and O–H groups in total. The van der Waals surface area contributed by atoms with Gasteiger partial charge in [-0.3, -0.25) is 9.59 Å². The van der Waals surface area contributed by atoms with Crippen LogP contribution in [0.4, 0.5) is 5.13 Å². The zero-order valence-electron chi connectivity index (χ0n) is 11.4. The Balaban J connectivity index is 1.65. The quantitative estimate of drug-likeness (QED) is 0.887. The number of carbonyl (C=O) groups is 2. The molecule has 0 unspecified atom stereocenters. The molecule has 0 saturated heterocycles. The number of aromatic nitrogens is 2. The fraction of sp³-hybridized carbons (Fsp3) is 0.692. The van der Waals surface area contributed by atoms with Crippen LogP contribution in [0.2, 0.25) is 0 Å². The Morgan fingerprint density at radius 1 is 1.30 bits per heavy atom. The molecule has 2 fully saturated rings.